The number of nitrogens with zero attached hydrogens (tertiary/aromatic N) is 2. The molecular formula is C24H26N2O4S. The number of fused-ring (bicyclic) bond motifs is 1. The van der Waals surface area contributed by atoms with Crippen LogP contribution in [0.2, 0.25) is 0 Å². The van der Waals surface area contributed by atoms with Gasteiger partial charge in [-0.05, 0) is 48.6 Å². The molecule has 3 aromatic carbocycles. The molecule has 0 aliphatic carbocycles. The number of ether oxygens (including phenoxy) is 1. The minimum Gasteiger partial charge on any atom is -0.483 e. The number of piperazine rings is 1. The summed E-state index contributed by atoms with van der Waals surface area (Å²) in [4.78, 5) is 14.6. The van der Waals surface area contributed by atoms with Gasteiger partial charge in [0.25, 0.3) is 5.91 Å². The summed E-state index contributed by atoms with van der Waals surface area (Å²) in [6.45, 7) is 5.03. The Morgan fingerprint density at radius 3 is 2.35 bits per heavy atom. The van der Waals surface area contributed by atoms with Crippen LogP contribution >= 0.6 is 0 Å². The molecule has 0 bridgehead atoms. The van der Waals surface area contributed by atoms with Crippen LogP contribution in [0.5, 0.6) is 5.75 Å². The summed E-state index contributed by atoms with van der Waals surface area (Å²) >= 11 is 0. The van der Waals surface area contributed by atoms with Crippen molar-refractivity contribution in [2.24, 2.45) is 0 Å². The van der Waals surface area contributed by atoms with Crippen molar-refractivity contribution in [2.45, 2.75) is 18.7 Å². The lowest BCUT2D eigenvalue weighted by atomic mass is 10.1. The summed E-state index contributed by atoms with van der Waals surface area (Å²) in [5.74, 6) is 0.526. The maximum atomic E-state index is 13.0. The van der Waals surface area contributed by atoms with Gasteiger partial charge in [0.05, 0.1) is 4.90 Å². The molecule has 1 heterocycles. The van der Waals surface area contributed by atoms with E-state index in [1.54, 1.807) is 17.0 Å². The predicted octanol–water partition coefficient (Wildman–Crippen LogP) is 3.37. The predicted molar refractivity (Wildman–Crippen MR) is 121 cm³/mol. The van der Waals surface area contributed by atoms with Crippen LogP contribution in [0.4, 0.5) is 0 Å². The molecule has 0 N–H and O–H groups in total. The van der Waals surface area contributed by atoms with Gasteiger partial charge in [-0.3, -0.25) is 4.79 Å². The van der Waals surface area contributed by atoms with Crippen LogP contribution in [0.3, 0.4) is 0 Å². The van der Waals surface area contributed by atoms with E-state index in [2.05, 4.69) is 0 Å². The Morgan fingerprint density at radius 2 is 1.61 bits per heavy atom. The van der Waals surface area contributed by atoms with E-state index in [9.17, 15) is 13.2 Å². The summed E-state index contributed by atoms with van der Waals surface area (Å²) in [6.07, 6.45) is 0. The summed E-state index contributed by atoms with van der Waals surface area (Å²) in [5, 5.41) is 2.01. The highest BCUT2D eigenvalue weighted by Gasteiger charge is 2.30. The number of hydrogen-bond acceptors (Lipinski definition) is 4. The molecule has 4 rings (SSSR count). The maximum Gasteiger partial charge on any atom is 0.260 e. The number of amides is 1. The second kappa shape index (κ2) is 8.69. The van der Waals surface area contributed by atoms with E-state index in [0.717, 1.165) is 21.9 Å². The van der Waals surface area contributed by atoms with E-state index >= 15 is 0 Å². The van der Waals surface area contributed by atoms with Crippen LogP contribution in [0.15, 0.2) is 65.6 Å². The van der Waals surface area contributed by atoms with Gasteiger partial charge < -0.3 is 9.64 Å². The van der Waals surface area contributed by atoms with E-state index < -0.39 is 10.0 Å². The number of carbonyl (C=O) groups excluding carboxylic acids is 1. The van der Waals surface area contributed by atoms with Crippen molar-refractivity contribution in [3.05, 3.63) is 71.8 Å². The van der Waals surface area contributed by atoms with Crippen LogP contribution in [0.1, 0.15) is 11.1 Å². The van der Waals surface area contributed by atoms with Crippen molar-refractivity contribution < 1.29 is 17.9 Å². The molecule has 1 aliphatic heterocycles. The Labute approximate surface area is 183 Å². The van der Waals surface area contributed by atoms with Gasteiger partial charge >= 0.3 is 0 Å². The van der Waals surface area contributed by atoms with E-state index in [0.29, 0.717) is 23.7 Å². The van der Waals surface area contributed by atoms with Crippen LogP contribution in [0.25, 0.3) is 10.8 Å². The van der Waals surface area contributed by atoms with Gasteiger partial charge in [0.2, 0.25) is 10.0 Å². The number of sulfonamides is 1. The first-order chi connectivity index (χ1) is 14.9. The summed E-state index contributed by atoms with van der Waals surface area (Å²) in [5.41, 5.74) is 2.00. The summed E-state index contributed by atoms with van der Waals surface area (Å²) < 4.78 is 33.2. The molecule has 1 amide bonds. The number of aryl methyl sites for hydroxylation is 2. The average Bonchev–Trinajstić information content (AvgIpc) is 2.79. The van der Waals surface area contributed by atoms with Crippen molar-refractivity contribution in [3.63, 3.8) is 0 Å². The molecular weight excluding hydrogens is 412 g/mol. The Hall–Kier alpha value is -2.90. The van der Waals surface area contributed by atoms with Gasteiger partial charge in [0, 0.05) is 31.6 Å². The van der Waals surface area contributed by atoms with Crippen molar-refractivity contribution >= 4 is 26.7 Å². The standard InChI is InChI=1S/C24H26N2O4S/c1-18-10-11-21(16-19(18)2)31(28,29)26-14-12-25(13-15-26)24(27)17-30-23-9-5-7-20-6-3-4-8-22(20)23/h3-11,16H,12-15,17H2,1-2H3. The highest BCUT2D eigenvalue weighted by molar-refractivity contribution is 7.89. The van der Waals surface area contributed by atoms with Gasteiger partial charge in [0.1, 0.15) is 5.75 Å². The van der Waals surface area contributed by atoms with Crippen LogP contribution in [0, 0.1) is 13.8 Å². The molecule has 0 unspecified atom stereocenters. The largest absolute Gasteiger partial charge is 0.483 e. The third-order valence-electron chi connectivity index (χ3n) is 5.81. The van der Waals surface area contributed by atoms with Crippen LogP contribution in [-0.2, 0) is 14.8 Å². The third-order valence-corrected chi connectivity index (χ3v) is 7.70. The van der Waals surface area contributed by atoms with E-state index in [-0.39, 0.29) is 25.6 Å². The van der Waals surface area contributed by atoms with Gasteiger partial charge in [-0.25, -0.2) is 8.42 Å². The zero-order chi connectivity index (χ0) is 22.0. The Bertz CT molecular complexity index is 1210. The maximum absolute atomic E-state index is 13.0. The Morgan fingerprint density at radius 1 is 0.903 bits per heavy atom. The van der Waals surface area contributed by atoms with Crippen LogP contribution < -0.4 is 4.74 Å². The van der Waals surface area contributed by atoms with Crippen molar-refractivity contribution in [2.75, 3.05) is 32.8 Å². The van der Waals surface area contributed by atoms with Crippen molar-refractivity contribution in [1.82, 2.24) is 9.21 Å². The Kier molecular flexibility index (Phi) is 5.98. The first-order valence-corrected chi connectivity index (χ1v) is 11.8. The van der Waals surface area contributed by atoms with Gasteiger partial charge in [-0.1, -0.05) is 42.5 Å². The minimum atomic E-state index is -3.57. The lowest BCUT2D eigenvalue weighted by Crippen LogP contribution is -2.51. The quantitative estimate of drug-likeness (QED) is 0.613. The zero-order valence-corrected chi connectivity index (χ0v) is 18.6. The number of carbonyl (C=O) groups is 1. The first kappa shape index (κ1) is 21.3. The smallest absolute Gasteiger partial charge is 0.260 e. The highest BCUT2D eigenvalue weighted by Crippen LogP contribution is 2.25. The van der Waals surface area contributed by atoms with Crippen molar-refractivity contribution in [1.29, 1.82) is 0 Å². The molecule has 0 aromatic heterocycles. The van der Waals surface area contributed by atoms with E-state index in [1.165, 1.54) is 4.31 Å². The van der Waals surface area contributed by atoms with Crippen LogP contribution in [-0.4, -0.2) is 56.3 Å². The van der Waals surface area contributed by atoms with Gasteiger partial charge in [-0.2, -0.15) is 4.31 Å². The topological polar surface area (TPSA) is 66.9 Å². The molecule has 3 aromatic rings. The SMILES string of the molecule is Cc1ccc(S(=O)(=O)N2CCN(C(=O)COc3cccc4ccccc34)CC2)cc1C. The average molecular weight is 439 g/mol. The zero-order valence-electron chi connectivity index (χ0n) is 17.7. The second-order valence-electron chi connectivity index (χ2n) is 7.80. The fraction of sp³-hybridized carbons (Fsp3) is 0.292. The number of hydrogen-bond donors (Lipinski definition) is 0. The number of rotatable bonds is 5. The van der Waals surface area contributed by atoms with Crippen molar-refractivity contribution in [3.8, 4) is 5.75 Å². The fourth-order valence-electron chi connectivity index (χ4n) is 3.75. The van der Waals surface area contributed by atoms with Gasteiger partial charge in [-0.15, -0.1) is 0 Å². The summed E-state index contributed by atoms with van der Waals surface area (Å²) in [6, 6.07) is 18.8. The van der Waals surface area contributed by atoms with E-state index in [4.69, 9.17) is 4.74 Å². The summed E-state index contributed by atoms with van der Waals surface area (Å²) in [7, 11) is -3.57. The molecule has 0 spiro atoms. The first-order valence-electron chi connectivity index (χ1n) is 10.3. The molecule has 7 heteroatoms. The molecule has 1 aliphatic rings. The number of benzene rings is 3. The molecule has 0 atom stereocenters. The van der Waals surface area contributed by atoms with Gasteiger partial charge in [0.15, 0.2) is 6.61 Å². The lowest BCUT2D eigenvalue weighted by molar-refractivity contribution is -0.134. The molecule has 1 saturated heterocycles. The molecule has 162 valence electrons. The molecule has 0 radical (unpaired) electrons. The second-order valence-corrected chi connectivity index (χ2v) is 9.73. The highest BCUT2D eigenvalue weighted by atomic mass is 32.2. The molecule has 6 nitrogen and oxygen atoms in total. The monoisotopic (exact) mass is 438 g/mol. The third kappa shape index (κ3) is 4.43. The fourth-order valence-corrected chi connectivity index (χ4v) is 5.26. The van der Waals surface area contributed by atoms with E-state index in [1.807, 2.05) is 62.4 Å². The Balaban J connectivity index is 1.37. The minimum absolute atomic E-state index is 0.0715. The molecule has 31 heavy (non-hydrogen) atoms. The molecule has 0 saturated carbocycles. The normalized spacial score (nSPS) is 15.2. The molecule has 1 fully saturated rings. The lowest BCUT2D eigenvalue weighted by Gasteiger charge is -2.34.